The maximum atomic E-state index is 13.3. The molecule has 2 aromatic heterocycles. The van der Waals surface area contributed by atoms with Crippen LogP contribution >= 0.6 is 11.8 Å². The largest absolute Gasteiger partial charge is 0.491 e. The van der Waals surface area contributed by atoms with Crippen molar-refractivity contribution in [3.63, 3.8) is 0 Å². The van der Waals surface area contributed by atoms with E-state index in [-0.39, 0.29) is 11.7 Å². The molecule has 2 heterocycles. The van der Waals surface area contributed by atoms with E-state index >= 15 is 0 Å². The Labute approximate surface area is 179 Å². The molecule has 0 amide bonds. The molecule has 0 fully saturated rings. The minimum Gasteiger partial charge on any atom is -0.491 e. The van der Waals surface area contributed by atoms with Gasteiger partial charge in [-0.15, -0.1) is 0 Å². The van der Waals surface area contributed by atoms with E-state index in [1.54, 1.807) is 16.8 Å². The van der Waals surface area contributed by atoms with Crippen LogP contribution in [0.15, 0.2) is 76.8 Å². The van der Waals surface area contributed by atoms with Crippen molar-refractivity contribution < 1.29 is 4.74 Å². The fourth-order valence-electron chi connectivity index (χ4n) is 3.18. The molecule has 4 rings (SSSR count). The second-order valence-corrected chi connectivity index (χ2v) is 8.29. The second kappa shape index (κ2) is 8.71. The Balaban J connectivity index is 1.75. The van der Waals surface area contributed by atoms with Crippen LogP contribution in [0.25, 0.3) is 16.7 Å². The highest BCUT2D eigenvalue weighted by Crippen LogP contribution is 2.26. The van der Waals surface area contributed by atoms with Crippen LogP contribution in [0.1, 0.15) is 25.0 Å². The van der Waals surface area contributed by atoms with E-state index in [4.69, 9.17) is 9.72 Å². The number of hydrogen-bond donors (Lipinski definition) is 0. The van der Waals surface area contributed by atoms with Gasteiger partial charge in [-0.1, -0.05) is 36.0 Å². The van der Waals surface area contributed by atoms with Gasteiger partial charge in [-0.25, -0.2) is 14.5 Å². The summed E-state index contributed by atoms with van der Waals surface area (Å²) in [6.07, 6.45) is 1.83. The number of ether oxygens (including phenoxy) is 1. The summed E-state index contributed by atoms with van der Waals surface area (Å²) in [4.78, 5) is 22.5. The molecule has 2 aromatic carbocycles. The Kier molecular flexibility index (Phi) is 5.86. The monoisotopic (exact) mass is 417 g/mol. The maximum absolute atomic E-state index is 13.3. The van der Waals surface area contributed by atoms with Crippen molar-refractivity contribution >= 4 is 22.7 Å². The zero-order valence-electron chi connectivity index (χ0n) is 17.2. The van der Waals surface area contributed by atoms with E-state index in [0.29, 0.717) is 27.6 Å². The Morgan fingerprint density at radius 2 is 1.90 bits per heavy atom. The first kappa shape index (κ1) is 20.2. The van der Waals surface area contributed by atoms with Crippen molar-refractivity contribution in [3.05, 3.63) is 88.3 Å². The summed E-state index contributed by atoms with van der Waals surface area (Å²) < 4.78 is 7.41. The van der Waals surface area contributed by atoms with E-state index in [2.05, 4.69) is 11.1 Å². The summed E-state index contributed by atoms with van der Waals surface area (Å²) in [5.74, 6) is 2.08. The molecule has 0 spiro atoms. The van der Waals surface area contributed by atoms with Gasteiger partial charge >= 0.3 is 0 Å². The number of rotatable bonds is 6. The Morgan fingerprint density at radius 3 is 2.70 bits per heavy atom. The van der Waals surface area contributed by atoms with E-state index in [9.17, 15) is 4.79 Å². The first-order chi connectivity index (χ1) is 14.5. The lowest BCUT2D eigenvalue weighted by Gasteiger charge is -2.14. The summed E-state index contributed by atoms with van der Waals surface area (Å²) >= 11 is 1.51. The number of nitrogens with zero attached hydrogens (tertiary/aromatic N) is 3. The minimum atomic E-state index is -0.113. The normalized spacial score (nSPS) is 11.2. The highest BCUT2D eigenvalue weighted by Gasteiger charge is 2.14. The molecule has 0 atom stereocenters. The molecule has 30 heavy (non-hydrogen) atoms. The SMILES string of the molecule is Cc1ccnc(-n2c(SCc3cccc(OC(C)C)c3)nc3ccccc3c2=O)c1. The third kappa shape index (κ3) is 4.39. The zero-order valence-corrected chi connectivity index (χ0v) is 18.0. The van der Waals surface area contributed by atoms with Gasteiger partial charge in [-0.2, -0.15) is 0 Å². The molecule has 0 aliphatic rings. The summed E-state index contributed by atoms with van der Waals surface area (Å²) in [6, 6.07) is 19.2. The van der Waals surface area contributed by atoms with Crippen LogP contribution in [0.2, 0.25) is 0 Å². The number of para-hydroxylation sites is 1. The average Bonchev–Trinajstić information content (AvgIpc) is 2.72. The minimum absolute atomic E-state index is 0.113. The number of aryl methyl sites for hydroxylation is 1. The van der Waals surface area contributed by atoms with E-state index in [1.165, 1.54) is 11.8 Å². The molecule has 0 aliphatic carbocycles. The van der Waals surface area contributed by atoms with Gasteiger partial charge in [-0.3, -0.25) is 4.79 Å². The molecule has 0 N–H and O–H groups in total. The van der Waals surface area contributed by atoms with Crippen LogP contribution in [0, 0.1) is 6.92 Å². The summed E-state index contributed by atoms with van der Waals surface area (Å²) in [6.45, 7) is 6.00. The van der Waals surface area contributed by atoms with Crippen LogP contribution in [0.4, 0.5) is 0 Å². The van der Waals surface area contributed by atoms with Crippen LogP contribution in [-0.2, 0) is 5.75 Å². The van der Waals surface area contributed by atoms with Gasteiger partial charge in [0.15, 0.2) is 5.16 Å². The second-order valence-electron chi connectivity index (χ2n) is 7.35. The highest BCUT2D eigenvalue weighted by molar-refractivity contribution is 7.98. The molecule has 0 unspecified atom stereocenters. The molecule has 0 bridgehead atoms. The molecule has 0 saturated heterocycles. The third-order valence-electron chi connectivity index (χ3n) is 4.51. The zero-order chi connectivity index (χ0) is 21.1. The fraction of sp³-hybridized carbons (Fsp3) is 0.208. The first-order valence-corrected chi connectivity index (χ1v) is 10.8. The van der Waals surface area contributed by atoms with Crippen LogP contribution in [0.3, 0.4) is 0 Å². The number of benzene rings is 2. The third-order valence-corrected chi connectivity index (χ3v) is 5.52. The van der Waals surface area contributed by atoms with E-state index < -0.39 is 0 Å². The van der Waals surface area contributed by atoms with Crippen molar-refractivity contribution in [1.29, 1.82) is 0 Å². The predicted octanol–water partition coefficient (Wildman–Crippen LogP) is 5.17. The highest BCUT2D eigenvalue weighted by atomic mass is 32.2. The number of pyridine rings is 1. The number of fused-ring (bicyclic) bond motifs is 1. The fourth-order valence-corrected chi connectivity index (χ4v) is 4.13. The van der Waals surface area contributed by atoms with Crippen LogP contribution in [-0.4, -0.2) is 20.6 Å². The lowest BCUT2D eigenvalue weighted by atomic mass is 10.2. The number of aromatic nitrogens is 3. The van der Waals surface area contributed by atoms with Crippen molar-refractivity contribution in [2.45, 2.75) is 37.8 Å². The molecule has 4 aromatic rings. The topological polar surface area (TPSA) is 57.0 Å². The molecule has 0 radical (unpaired) electrons. The predicted molar refractivity (Wildman–Crippen MR) is 122 cm³/mol. The van der Waals surface area contributed by atoms with E-state index in [0.717, 1.165) is 16.9 Å². The van der Waals surface area contributed by atoms with Crippen LogP contribution < -0.4 is 10.3 Å². The lowest BCUT2D eigenvalue weighted by Crippen LogP contribution is -2.22. The molecular formula is C24H23N3O2S. The molecule has 0 saturated carbocycles. The first-order valence-electron chi connectivity index (χ1n) is 9.84. The quantitative estimate of drug-likeness (QED) is 0.320. The maximum Gasteiger partial charge on any atom is 0.267 e. The van der Waals surface area contributed by atoms with Crippen molar-refractivity contribution in [2.24, 2.45) is 0 Å². The summed E-state index contributed by atoms with van der Waals surface area (Å²) in [5.41, 5.74) is 2.71. The van der Waals surface area contributed by atoms with Crippen molar-refractivity contribution in [2.75, 3.05) is 0 Å². The van der Waals surface area contributed by atoms with Gasteiger partial charge in [0.25, 0.3) is 5.56 Å². The molecule has 0 aliphatic heterocycles. The van der Waals surface area contributed by atoms with E-state index in [1.807, 2.05) is 69.3 Å². The molecule has 5 nitrogen and oxygen atoms in total. The summed E-state index contributed by atoms with van der Waals surface area (Å²) in [7, 11) is 0. The van der Waals surface area contributed by atoms with Gasteiger partial charge in [0.05, 0.1) is 17.0 Å². The van der Waals surface area contributed by atoms with Gasteiger partial charge in [0, 0.05) is 11.9 Å². The van der Waals surface area contributed by atoms with Gasteiger partial charge < -0.3 is 4.74 Å². The van der Waals surface area contributed by atoms with Gasteiger partial charge in [-0.05, 0) is 68.3 Å². The summed E-state index contributed by atoms with van der Waals surface area (Å²) in [5, 5.41) is 1.20. The average molecular weight is 418 g/mol. The van der Waals surface area contributed by atoms with Crippen molar-refractivity contribution in [1.82, 2.24) is 14.5 Å². The standard InChI is InChI=1S/C24H23N3O2S/c1-16(2)29-19-8-6-7-18(14-19)15-30-24-26-21-10-5-4-9-20(21)23(28)27(24)22-13-17(3)11-12-25-22/h4-14,16H,15H2,1-3H3. The van der Waals surface area contributed by atoms with Gasteiger partial charge in [0.2, 0.25) is 0 Å². The Morgan fingerprint density at radius 1 is 1.07 bits per heavy atom. The lowest BCUT2D eigenvalue weighted by molar-refractivity contribution is 0.242. The van der Waals surface area contributed by atoms with Gasteiger partial charge in [0.1, 0.15) is 11.6 Å². The Hall–Kier alpha value is -3.12. The Bertz CT molecular complexity index is 1250. The smallest absolute Gasteiger partial charge is 0.267 e. The van der Waals surface area contributed by atoms with Crippen molar-refractivity contribution in [3.8, 4) is 11.6 Å². The van der Waals surface area contributed by atoms with Crippen LogP contribution in [0.5, 0.6) is 5.75 Å². The number of hydrogen-bond acceptors (Lipinski definition) is 5. The molecule has 6 heteroatoms. The molecule has 152 valence electrons. The molecular weight excluding hydrogens is 394 g/mol. The number of thioether (sulfide) groups is 1.